The molecular weight excluding hydrogens is 362 g/mol. The van der Waals surface area contributed by atoms with Crippen molar-refractivity contribution in [3.8, 4) is 22.8 Å². The van der Waals surface area contributed by atoms with Gasteiger partial charge in [-0.25, -0.2) is 24.5 Å². The lowest BCUT2D eigenvalue weighted by Crippen LogP contribution is -2.47. The molecule has 0 aromatic carbocycles. The van der Waals surface area contributed by atoms with E-state index in [2.05, 4.69) is 15.1 Å². The number of nitrogens with one attached hydrogen (secondary N) is 1. The van der Waals surface area contributed by atoms with Crippen molar-refractivity contribution in [2.24, 2.45) is 5.73 Å². The number of hydrogen-bond donors (Lipinski definition) is 2. The first-order valence-corrected chi connectivity index (χ1v) is 8.71. The Kier molecular flexibility index (Phi) is 4.44. The number of urea groups is 1. The number of hydrogen-bond acceptors (Lipinski definition) is 5. The average Bonchev–Trinajstić information content (AvgIpc) is 3.47. The van der Waals surface area contributed by atoms with Crippen LogP contribution < -0.4 is 10.5 Å². The van der Waals surface area contributed by atoms with E-state index in [0.717, 1.165) is 5.56 Å². The van der Waals surface area contributed by atoms with Crippen LogP contribution in [-0.2, 0) is 0 Å². The molecule has 3 aromatic heterocycles. The van der Waals surface area contributed by atoms with Crippen molar-refractivity contribution in [1.82, 2.24) is 29.8 Å². The van der Waals surface area contributed by atoms with E-state index >= 15 is 0 Å². The SMILES string of the molecule is COc1ccc(-n2nc(C(=O)N3CCCN3C(N)=O)cc2-c2cc[nH]c2)cn1. The van der Waals surface area contributed by atoms with E-state index in [1.165, 1.54) is 10.0 Å². The Balaban J connectivity index is 1.75. The van der Waals surface area contributed by atoms with Crippen LogP contribution in [0.5, 0.6) is 5.88 Å². The van der Waals surface area contributed by atoms with Gasteiger partial charge in [0.25, 0.3) is 5.91 Å². The lowest BCUT2D eigenvalue weighted by atomic mass is 10.2. The standard InChI is InChI=1S/C18H19N7O3/c1-28-16-4-3-13(11-21-16)25-15(12-5-6-20-10-12)9-14(22-25)17(26)23-7-2-8-24(23)18(19)27/h3-6,9-11,20H,2,7-8H2,1H3,(H2,19,27). The second kappa shape index (κ2) is 7.06. The van der Waals surface area contributed by atoms with E-state index in [-0.39, 0.29) is 11.6 Å². The molecule has 1 saturated heterocycles. The summed E-state index contributed by atoms with van der Waals surface area (Å²) in [6.45, 7) is 0.826. The topological polar surface area (TPSA) is 122 Å². The van der Waals surface area contributed by atoms with E-state index in [4.69, 9.17) is 10.5 Å². The highest BCUT2D eigenvalue weighted by Crippen LogP contribution is 2.25. The van der Waals surface area contributed by atoms with Gasteiger partial charge in [-0.1, -0.05) is 0 Å². The minimum absolute atomic E-state index is 0.208. The molecule has 28 heavy (non-hydrogen) atoms. The number of carbonyl (C=O) groups is 2. The first-order chi connectivity index (χ1) is 13.6. The zero-order chi connectivity index (χ0) is 19.7. The van der Waals surface area contributed by atoms with Crippen molar-refractivity contribution in [2.75, 3.05) is 20.2 Å². The summed E-state index contributed by atoms with van der Waals surface area (Å²) in [6, 6.07) is 6.43. The molecule has 0 radical (unpaired) electrons. The van der Waals surface area contributed by atoms with Gasteiger partial charge in [-0.05, 0) is 24.6 Å². The predicted molar refractivity (Wildman–Crippen MR) is 99.6 cm³/mol. The Morgan fingerprint density at radius 2 is 2.04 bits per heavy atom. The van der Waals surface area contributed by atoms with Gasteiger partial charge in [0.05, 0.1) is 24.7 Å². The van der Waals surface area contributed by atoms with Crippen molar-refractivity contribution < 1.29 is 14.3 Å². The van der Waals surface area contributed by atoms with Gasteiger partial charge < -0.3 is 15.5 Å². The summed E-state index contributed by atoms with van der Waals surface area (Å²) in [5.74, 6) is 0.0953. The molecule has 1 fully saturated rings. The van der Waals surface area contributed by atoms with E-state index in [0.29, 0.717) is 36.8 Å². The number of nitrogens with two attached hydrogens (primary N) is 1. The number of H-pyrrole nitrogens is 1. The molecule has 0 spiro atoms. The molecule has 0 unspecified atom stereocenters. The van der Waals surface area contributed by atoms with Crippen LogP contribution in [0, 0.1) is 0 Å². The minimum Gasteiger partial charge on any atom is -0.481 e. The van der Waals surface area contributed by atoms with E-state index in [1.54, 1.807) is 42.4 Å². The van der Waals surface area contributed by atoms with Crippen LogP contribution in [0.2, 0.25) is 0 Å². The summed E-state index contributed by atoms with van der Waals surface area (Å²) >= 11 is 0. The van der Waals surface area contributed by atoms with Gasteiger partial charge in [-0.2, -0.15) is 5.10 Å². The zero-order valence-corrected chi connectivity index (χ0v) is 15.2. The summed E-state index contributed by atoms with van der Waals surface area (Å²) in [5, 5.41) is 7.06. The maximum atomic E-state index is 13.0. The van der Waals surface area contributed by atoms with Crippen molar-refractivity contribution in [1.29, 1.82) is 0 Å². The maximum Gasteiger partial charge on any atom is 0.333 e. The van der Waals surface area contributed by atoms with Gasteiger partial charge in [0.1, 0.15) is 0 Å². The molecule has 1 aliphatic heterocycles. The fourth-order valence-corrected chi connectivity index (χ4v) is 3.17. The van der Waals surface area contributed by atoms with Crippen LogP contribution in [0.4, 0.5) is 4.79 Å². The second-order valence-corrected chi connectivity index (χ2v) is 6.23. The molecule has 144 valence electrons. The van der Waals surface area contributed by atoms with Gasteiger partial charge in [0.15, 0.2) is 5.69 Å². The normalized spacial score (nSPS) is 13.8. The molecule has 0 bridgehead atoms. The average molecular weight is 381 g/mol. The molecule has 3 N–H and O–H groups in total. The Bertz CT molecular complexity index is 995. The number of aromatic amines is 1. The highest BCUT2D eigenvalue weighted by atomic mass is 16.5. The van der Waals surface area contributed by atoms with E-state index in [9.17, 15) is 9.59 Å². The third kappa shape index (κ3) is 3.04. The highest BCUT2D eigenvalue weighted by Gasteiger charge is 2.32. The highest BCUT2D eigenvalue weighted by molar-refractivity contribution is 5.95. The number of methoxy groups -OCH3 is 1. The van der Waals surface area contributed by atoms with Crippen molar-refractivity contribution in [2.45, 2.75) is 6.42 Å². The Morgan fingerprint density at radius 1 is 1.21 bits per heavy atom. The Morgan fingerprint density at radius 3 is 2.68 bits per heavy atom. The van der Waals surface area contributed by atoms with Crippen molar-refractivity contribution in [3.05, 3.63) is 48.5 Å². The molecule has 4 heterocycles. The van der Waals surface area contributed by atoms with Crippen LogP contribution in [0.1, 0.15) is 16.9 Å². The van der Waals surface area contributed by atoms with Crippen molar-refractivity contribution in [3.63, 3.8) is 0 Å². The monoisotopic (exact) mass is 381 g/mol. The van der Waals surface area contributed by atoms with Gasteiger partial charge >= 0.3 is 6.03 Å². The number of carbonyl (C=O) groups excluding carboxylic acids is 2. The van der Waals surface area contributed by atoms with Crippen LogP contribution in [0.15, 0.2) is 42.9 Å². The first-order valence-electron chi connectivity index (χ1n) is 8.71. The number of primary amides is 1. The molecule has 0 atom stereocenters. The molecule has 0 aliphatic carbocycles. The Hall–Kier alpha value is -3.82. The molecule has 10 nitrogen and oxygen atoms in total. The summed E-state index contributed by atoms with van der Waals surface area (Å²) in [5.41, 5.74) is 7.82. The quantitative estimate of drug-likeness (QED) is 0.707. The number of hydrazine groups is 1. The molecule has 4 rings (SSSR count). The lowest BCUT2D eigenvalue weighted by molar-refractivity contribution is 0.0389. The summed E-state index contributed by atoms with van der Waals surface area (Å²) in [6.07, 6.45) is 5.88. The number of ether oxygens (including phenoxy) is 1. The minimum atomic E-state index is -0.657. The molecule has 1 aliphatic rings. The summed E-state index contributed by atoms with van der Waals surface area (Å²) in [7, 11) is 1.54. The Labute approximate surface area is 160 Å². The molecule has 3 aromatic rings. The fraction of sp³-hybridized carbons (Fsp3) is 0.222. The molecule has 0 saturated carbocycles. The van der Waals surface area contributed by atoms with Gasteiger partial charge in [0.2, 0.25) is 5.88 Å². The number of pyridine rings is 1. The smallest absolute Gasteiger partial charge is 0.333 e. The maximum absolute atomic E-state index is 13.0. The molecule has 3 amide bonds. The lowest BCUT2D eigenvalue weighted by Gasteiger charge is -2.25. The summed E-state index contributed by atoms with van der Waals surface area (Å²) < 4.78 is 6.73. The van der Waals surface area contributed by atoms with Gasteiger partial charge in [-0.3, -0.25) is 4.79 Å². The van der Waals surface area contributed by atoms with E-state index in [1.807, 2.05) is 12.3 Å². The first kappa shape index (κ1) is 17.6. The zero-order valence-electron chi connectivity index (χ0n) is 15.2. The van der Waals surface area contributed by atoms with Crippen molar-refractivity contribution >= 4 is 11.9 Å². The summed E-state index contributed by atoms with van der Waals surface area (Å²) in [4.78, 5) is 31.8. The van der Waals surface area contributed by atoms with Crippen LogP contribution in [0.3, 0.4) is 0 Å². The third-order valence-electron chi connectivity index (χ3n) is 4.52. The molecule has 10 heteroatoms. The fourth-order valence-electron chi connectivity index (χ4n) is 3.17. The molecular formula is C18H19N7O3. The number of rotatable bonds is 4. The van der Waals surface area contributed by atoms with Gasteiger partial charge in [-0.15, -0.1) is 0 Å². The second-order valence-electron chi connectivity index (χ2n) is 6.23. The number of aromatic nitrogens is 4. The van der Waals surface area contributed by atoms with Crippen LogP contribution in [-0.4, -0.2) is 61.9 Å². The van der Waals surface area contributed by atoms with Gasteiger partial charge in [0, 0.05) is 37.1 Å². The van der Waals surface area contributed by atoms with E-state index < -0.39 is 6.03 Å². The van der Waals surface area contributed by atoms with Crippen LogP contribution >= 0.6 is 0 Å². The number of nitrogens with zero attached hydrogens (tertiary/aromatic N) is 5. The number of amides is 3. The van der Waals surface area contributed by atoms with Crippen LogP contribution in [0.25, 0.3) is 16.9 Å². The predicted octanol–water partition coefficient (Wildman–Crippen LogP) is 1.41. The third-order valence-corrected chi connectivity index (χ3v) is 4.52. The largest absolute Gasteiger partial charge is 0.481 e.